The molecule has 1 aromatic heterocycles. The van der Waals surface area contributed by atoms with Gasteiger partial charge in [0.15, 0.2) is 6.10 Å². The van der Waals surface area contributed by atoms with E-state index in [2.05, 4.69) is 0 Å². The molecule has 0 aliphatic heterocycles. The van der Waals surface area contributed by atoms with E-state index in [9.17, 15) is 14.0 Å². The predicted octanol–water partition coefficient (Wildman–Crippen LogP) is 2.03. The number of primary amides is 1. The first-order valence-corrected chi connectivity index (χ1v) is 6.43. The largest absolute Gasteiger partial charge is 0.486 e. The Labute approximate surface area is 125 Å². The molecule has 0 fully saturated rings. The van der Waals surface area contributed by atoms with Gasteiger partial charge in [-0.3, -0.25) is 4.79 Å². The summed E-state index contributed by atoms with van der Waals surface area (Å²) < 4.78 is 28.2. The highest BCUT2D eigenvalue weighted by Gasteiger charge is 2.19. The molecule has 2 N–H and O–H groups in total. The number of hydrogen-bond donors (Lipinski definition) is 1. The molecule has 1 atom stereocenters. The van der Waals surface area contributed by atoms with E-state index >= 15 is 0 Å². The fourth-order valence-electron chi connectivity index (χ4n) is 1.53. The van der Waals surface area contributed by atoms with Gasteiger partial charge >= 0.3 is 5.97 Å². The minimum atomic E-state index is -1.04. The van der Waals surface area contributed by atoms with Gasteiger partial charge in [0.05, 0.1) is 0 Å². The van der Waals surface area contributed by atoms with Crippen molar-refractivity contribution in [3.05, 3.63) is 53.7 Å². The summed E-state index contributed by atoms with van der Waals surface area (Å²) in [5.41, 5.74) is 5.00. The predicted molar refractivity (Wildman–Crippen MR) is 73.5 cm³/mol. The average Bonchev–Trinajstić information content (AvgIpc) is 2.95. The molecule has 2 aromatic rings. The lowest BCUT2D eigenvalue weighted by molar-refractivity contribution is -0.125. The monoisotopic (exact) mass is 307 g/mol. The van der Waals surface area contributed by atoms with E-state index in [-0.39, 0.29) is 18.2 Å². The van der Waals surface area contributed by atoms with E-state index in [1.165, 1.54) is 43.3 Å². The molecule has 0 aliphatic carbocycles. The molecule has 1 aromatic carbocycles. The summed E-state index contributed by atoms with van der Waals surface area (Å²) in [7, 11) is 0. The third-order valence-electron chi connectivity index (χ3n) is 2.74. The average molecular weight is 307 g/mol. The second kappa shape index (κ2) is 6.75. The van der Waals surface area contributed by atoms with Crippen LogP contribution in [0.1, 0.15) is 23.2 Å². The number of carbonyl (C=O) groups is 2. The fourth-order valence-corrected chi connectivity index (χ4v) is 1.53. The smallest absolute Gasteiger partial charge is 0.375 e. The van der Waals surface area contributed by atoms with Gasteiger partial charge in [0.1, 0.15) is 23.9 Å². The Morgan fingerprint density at radius 2 is 1.91 bits per heavy atom. The van der Waals surface area contributed by atoms with Crippen LogP contribution in [0, 0.1) is 5.82 Å². The van der Waals surface area contributed by atoms with E-state index in [0.29, 0.717) is 11.5 Å². The summed E-state index contributed by atoms with van der Waals surface area (Å²) in [6, 6.07) is 8.43. The minimum Gasteiger partial charge on any atom is -0.486 e. The molecule has 1 unspecified atom stereocenters. The standard InChI is InChI=1S/C15H14FNO5/c1-9(14(17)18)21-15(19)13-7-6-12(22-13)8-20-11-4-2-10(16)3-5-11/h2-7,9H,8H2,1H3,(H2,17,18). The van der Waals surface area contributed by atoms with Crippen molar-refractivity contribution in [1.82, 2.24) is 0 Å². The Bertz CT molecular complexity index is 665. The van der Waals surface area contributed by atoms with Crippen molar-refractivity contribution >= 4 is 11.9 Å². The van der Waals surface area contributed by atoms with Crippen LogP contribution >= 0.6 is 0 Å². The summed E-state index contributed by atoms with van der Waals surface area (Å²) >= 11 is 0. The van der Waals surface area contributed by atoms with Crippen molar-refractivity contribution in [2.24, 2.45) is 5.73 Å². The van der Waals surface area contributed by atoms with Crippen molar-refractivity contribution in [3.8, 4) is 5.75 Å². The van der Waals surface area contributed by atoms with Crippen molar-refractivity contribution in [2.75, 3.05) is 0 Å². The molecule has 0 aliphatic rings. The normalized spacial score (nSPS) is 11.7. The summed E-state index contributed by atoms with van der Waals surface area (Å²) in [5.74, 6) is -1.13. The molecule has 1 amide bonds. The SMILES string of the molecule is CC(OC(=O)c1ccc(COc2ccc(F)cc2)o1)C(N)=O. The van der Waals surface area contributed by atoms with Crippen LogP contribution in [-0.4, -0.2) is 18.0 Å². The summed E-state index contributed by atoms with van der Waals surface area (Å²) in [6.45, 7) is 1.42. The third-order valence-corrected chi connectivity index (χ3v) is 2.74. The fraction of sp³-hybridized carbons (Fsp3) is 0.200. The number of ether oxygens (including phenoxy) is 2. The zero-order chi connectivity index (χ0) is 16.1. The number of nitrogens with two attached hydrogens (primary N) is 1. The summed E-state index contributed by atoms with van der Waals surface area (Å²) in [5, 5.41) is 0. The Hall–Kier alpha value is -2.83. The molecular weight excluding hydrogens is 293 g/mol. The second-order valence-corrected chi connectivity index (χ2v) is 4.46. The highest BCUT2D eigenvalue weighted by atomic mass is 19.1. The molecule has 0 bridgehead atoms. The third kappa shape index (κ3) is 4.08. The first-order chi connectivity index (χ1) is 10.5. The van der Waals surface area contributed by atoms with Crippen molar-refractivity contribution in [3.63, 3.8) is 0 Å². The Kier molecular flexibility index (Phi) is 4.77. The van der Waals surface area contributed by atoms with E-state index in [1.54, 1.807) is 0 Å². The summed E-state index contributed by atoms with van der Waals surface area (Å²) in [6.07, 6.45) is -1.04. The molecule has 7 heteroatoms. The topological polar surface area (TPSA) is 91.8 Å². The van der Waals surface area contributed by atoms with Gasteiger partial charge in [-0.25, -0.2) is 9.18 Å². The van der Waals surface area contributed by atoms with Gasteiger partial charge < -0.3 is 19.6 Å². The van der Waals surface area contributed by atoms with Crippen LogP contribution in [-0.2, 0) is 16.1 Å². The minimum absolute atomic E-state index is 0.0598. The van der Waals surface area contributed by atoms with Crippen LogP contribution in [0.15, 0.2) is 40.8 Å². The Morgan fingerprint density at radius 3 is 2.55 bits per heavy atom. The number of carbonyl (C=O) groups excluding carboxylic acids is 2. The zero-order valence-electron chi connectivity index (χ0n) is 11.7. The van der Waals surface area contributed by atoms with Crippen LogP contribution in [0.5, 0.6) is 5.75 Å². The molecule has 6 nitrogen and oxygen atoms in total. The van der Waals surface area contributed by atoms with Gasteiger partial charge in [-0.1, -0.05) is 0 Å². The molecule has 0 radical (unpaired) electrons. The second-order valence-electron chi connectivity index (χ2n) is 4.46. The zero-order valence-corrected chi connectivity index (χ0v) is 11.7. The number of esters is 1. The van der Waals surface area contributed by atoms with Crippen molar-refractivity contribution in [2.45, 2.75) is 19.6 Å². The van der Waals surface area contributed by atoms with Crippen molar-refractivity contribution in [1.29, 1.82) is 0 Å². The molecular formula is C15H14FNO5. The maximum Gasteiger partial charge on any atom is 0.375 e. The molecule has 0 saturated heterocycles. The quantitative estimate of drug-likeness (QED) is 0.824. The lowest BCUT2D eigenvalue weighted by Gasteiger charge is -2.07. The number of hydrogen-bond acceptors (Lipinski definition) is 5. The number of benzene rings is 1. The van der Waals surface area contributed by atoms with Gasteiger partial charge in [-0.05, 0) is 43.3 Å². The van der Waals surface area contributed by atoms with Crippen LogP contribution < -0.4 is 10.5 Å². The number of furan rings is 1. The van der Waals surface area contributed by atoms with E-state index < -0.39 is 18.0 Å². The number of amides is 1. The van der Waals surface area contributed by atoms with E-state index in [0.717, 1.165) is 0 Å². The van der Waals surface area contributed by atoms with Crippen LogP contribution in [0.25, 0.3) is 0 Å². The molecule has 1 heterocycles. The van der Waals surface area contributed by atoms with Gasteiger partial charge in [0.25, 0.3) is 5.91 Å². The highest BCUT2D eigenvalue weighted by molar-refractivity contribution is 5.89. The highest BCUT2D eigenvalue weighted by Crippen LogP contribution is 2.15. The van der Waals surface area contributed by atoms with Crippen LogP contribution in [0.4, 0.5) is 4.39 Å². The van der Waals surface area contributed by atoms with Gasteiger partial charge in [-0.15, -0.1) is 0 Å². The molecule has 0 spiro atoms. The first kappa shape index (κ1) is 15.6. The van der Waals surface area contributed by atoms with E-state index in [4.69, 9.17) is 19.6 Å². The Morgan fingerprint density at radius 1 is 1.23 bits per heavy atom. The molecule has 0 saturated carbocycles. The number of rotatable bonds is 6. The lowest BCUT2D eigenvalue weighted by atomic mass is 10.3. The lowest BCUT2D eigenvalue weighted by Crippen LogP contribution is -2.30. The summed E-state index contributed by atoms with van der Waals surface area (Å²) in [4.78, 5) is 22.5. The molecule has 22 heavy (non-hydrogen) atoms. The first-order valence-electron chi connectivity index (χ1n) is 6.43. The number of halogens is 1. The van der Waals surface area contributed by atoms with Gasteiger partial charge in [0.2, 0.25) is 5.76 Å². The van der Waals surface area contributed by atoms with Gasteiger partial charge in [0, 0.05) is 0 Å². The van der Waals surface area contributed by atoms with Gasteiger partial charge in [-0.2, -0.15) is 0 Å². The molecule has 116 valence electrons. The van der Waals surface area contributed by atoms with E-state index in [1.807, 2.05) is 0 Å². The van der Waals surface area contributed by atoms with Crippen molar-refractivity contribution < 1.29 is 27.9 Å². The van der Waals surface area contributed by atoms with Crippen LogP contribution in [0.2, 0.25) is 0 Å². The maximum atomic E-state index is 12.7. The van der Waals surface area contributed by atoms with Crippen LogP contribution in [0.3, 0.4) is 0 Å². The maximum absolute atomic E-state index is 12.7. The Balaban J connectivity index is 1.92. The molecule has 2 rings (SSSR count).